The topological polar surface area (TPSA) is 32.3 Å². The zero-order valence-electron chi connectivity index (χ0n) is 5.65. The number of nitrogens with zero attached hydrogens (tertiary/aromatic N) is 1. The lowest BCUT2D eigenvalue weighted by Crippen LogP contribution is -2.36. The second-order valence-corrected chi connectivity index (χ2v) is 2.95. The zero-order chi connectivity index (χ0) is 7.28. The number of rotatable bonds is 3. The summed E-state index contributed by atoms with van der Waals surface area (Å²) in [5.41, 5.74) is 2.63. The van der Waals surface area contributed by atoms with Gasteiger partial charge in [-0.15, -0.1) is 0 Å². The van der Waals surface area contributed by atoms with Crippen LogP contribution in [0.25, 0.3) is 0 Å². The normalized spacial score (nSPS) is 9.78. The van der Waals surface area contributed by atoms with E-state index >= 15 is 0 Å². The largest absolute Gasteiger partial charge is 0.289 e. The Bertz CT molecular complexity index is 95.0. The molecule has 0 atom stereocenters. The predicted octanol–water partition coefficient (Wildman–Crippen LogP) is 0.404. The first kappa shape index (κ1) is 9.16. The number of hydrogen-bond acceptors (Lipinski definition) is 2. The molecule has 9 heavy (non-hydrogen) atoms. The molecule has 0 aliphatic heterocycles. The molecule has 0 saturated heterocycles. The molecular weight excluding hydrogens is 231 g/mol. The molecule has 54 valence electrons. The molecule has 3 nitrogen and oxygen atoms in total. The second-order valence-electron chi connectivity index (χ2n) is 1.87. The molecule has 0 rings (SSSR count). The van der Waals surface area contributed by atoms with E-state index in [1.165, 1.54) is 0 Å². The fourth-order valence-corrected chi connectivity index (χ4v) is 0.881. The second kappa shape index (κ2) is 4.99. The monoisotopic (exact) mass is 242 g/mol. The minimum atomic E-state index is 0.0781. The average Bonchev–Trinajstić information content (AvgIpc) is 1.63. The number of carbonyl (C=O) groups is 1. The predicted molar refractivity (Wildman–Crippen MR) is 45.3 cm³/mol. The van der Waals surface area contributed by atoms with E-state index < -0.39 is 0 Å². The van der Waals surface area contributed by atoms with Gasteiger partial charge in [0.2, 0.25) is 5.91 Å². The Morgan fingerprint density at radius 1 is 1.67 bits per heavy atom. The van der Waals surface area contributed by atoms with Crippen molar-refractivity contribution in [3.8, 4) is 0 Å². The van der Waals surface area contributed by atoms with Crippen LogP contribution >= 0.6 is 22.6 Å². The molecule has 0 aromatic heterocycles. The van der Waals surface area contributed by atoms with Crippen molar-refractivity contribution in [2.24, 2.45) is 0 Å². The van der Waals surface area contributed by atoms with E-state index in [0.29, 0.717) is 6.42 Å². The highest BCUT2D eigenvalue weighted by Gasteiger charge is 1.97. The van der Waals surface area contributed by atoms with Gasteiger partial charge in [-0.25, -0.2) is 5.01 Å². The van der Waals surface area contributed by atoms with Crippen molar-refractivity contribution in [2.75, 3.05) is 18.5 Å². The van der Waals surface area contributed by atoms with E-state index in [9.17, 15) is 4.79 Å². The number of hydrazine groups is 1. The van der Waals surface area contributed by atoms with Crippen LogP contribution < -0.4 is 5.43 Å². The van der Waals surface area contributed by atoms with Crippen LogP contribution in [0.1, 0.15) is 6.42 Å². The van der Waals surface area contributed by atoms with Crippen molar-refractivity contribution >= 4 is 28.5 Å². The Morgan fingerprint density at radius 2 is 2.22 bits per heavy atom. The fourth-order valence-electron chi connectivity index (χ4n) is 0.391. The third-order valence-electron chi connectivity index (χ3n) is 0.670. The standard InChI is InChI=1S/C5H11IN2O/c1-8(2)7-5(9)3-4-6/h3-4H2,1-2H3,(H,7,9). The van der Waals surface area contributed by atoms with Crippen LogP contribution in [0.3, 0.4) is 0 Å². The van der Waals surface area contributed by atoms with Crippen LogP contribution in [0.4, 0.5) is 0 Å². The first-order chi connectivity index (χ1) is 4.16. The molecule has 4 heteroatoms. The Kier molecular flexibility index (Phi) is 5.07. The molecule has 0 fully saturated rings. The summed E-state index contributed by atoms with van der Waals surface area (Å²) in [6.07, 6.45) is 0.596. The third kappa shape index (κ3) is 6.04. The number of amides is 1. The summed E-state index contributed by atoms with van der Waals surface area (Å²) in [5, 5.41) is 1.65. The van der Waals surface area contributed by atoms with Crippen molar-refractivity contribution in [3.05, 3.63) is 0 Å². The number of hydrogen-bond donors (Lipinski definition) is 1. The van der Waals surface area contributed by atoms with Crippen molar-refractivity contribution in [3.63, 3.8) is 0 Å². The summed E-state index contributed by atoms with van der Waals surface area (Å²) in [7, 11) is 3.59. The summed E-state index contributed by atoms with van der Waals surface area (Å²) in [6, 6.07) is 0. The molecule has 0 saturated carbocycles. The van der Waals surface area contributed by atoms with Crippen molar-refractivity contribution < 1.29 is 4.79 Å². The highest BCUT2D eigenvalue weighted by Crippen LogP contribution is 1.87. The lowest BCUT2D eigenvalue weighted by Gasteiger charge is -2.10. The number of nitrogens with one attached hydrogen (secondary N) is 1. The fraction of sp³-hybridized carbons (Fsp3) is 0.800. The first-order valence-electron chi connectivity index (χ1n) is 2.69. The van der Waals surface area contributed by atoms with Gasteiger partial charge in [0, 0.05) is 24.9 Å². The van der Waals surface area contributed by atoms with E-state index in [2.05, 4.69) is 28.0 Å². The maximum Gasteiger partial charge on any atom is 0.235 e. The van der Waals surface area contributed by atoms with E-state index in [1.807, 2.05) is 0 Å². The maximum absolute atomic E-state index is 10.7. The van der Waals surface area contributed by atoms with Gasteiger partial charge in [0.25, 0.3) is 0 Å². The lowest BCUT2D eigenvalue weighted by molar-refractivity contribution is -0.124. The number of alkyl halides is 1. The smallest absolute Gasteiger partial charge is 0.235 e. The van der Waals surface area contributed by atoms with Gasteiger partial charge in [0.1, 0.15) is 0 Å². The lowest BCUT2D eigenvalue weighted by atomic mass is 10.5. The first-order valence-corrected chi connectivity index (χ1v) is 4.22. The highest BCUT2D eigenvalue weighted by molar-refractivity contribution is 14.1. The van der Waals surface area contributed by atoms with Crippen LogP contribution in [-0.4, -0.2) is 29.4 Å². The molecule has 0 unspecified atom stereocenters. The molecule has 0 spiro atoms. The van der Waals surface area contributed by atoms with Crippen LogP contribution in [-0.2, 0) is 4.79 Å². The Balaban J connectivity index is 3.27. The van der Waals surface area contributed by atoms with Gasteiger partial charge in [0.05, 0.1) is 0 Å². The van der Waals surface area contributed by atoms with Crippen LogP contribution in [0.5, 0.6) is 0 Å². The van der Waals surface area contributed by atoms with E-state index in [-0.39, 0.29) is 5.91 Å². The number of carbonyl (C=O) groups excluding carboxylic acids is 1. The Hall–Kier alpha value is 0.160. The quantitative estimate of drug-likeness (QED) is 0.441. The third-order valence-corrected chi connectivity index (χ3v) is 1.21. The molecule has 0 radical (unpaired) electrons. The van der Waals surface area contributed by atoms with E-state index in [0.717, 1.165) is 4.43 Å². The molecule has 0 bridgehead atoms. The van der Waals surface area contributed by atoms with Crippen molar-refractivity contribution in [1.82, 2.24) is 10.4 Å². The van der Waals surface area contributed by atoms with Crippen LogP contribution in [0.2, 0.25) is 0 Å². The summed E-state index contributed by atoms with van der Waals surface area (Å²) in [5.74, 6) is 0.0781. The zero-order valence-corrected chi connectivity index (χ0v) is 7.81. The van der Waals surface area contributed by atoms with Gasteiger partial charge >= 0.3 is 0 Å². The highest BCUT2D eigenvalue weighted by atomic mass is 127. The van der Waals surface area contributed by atoms with Crippen molar-refractivity contribution in [2.45, 2.75) is 6.42 Å². The molecule has 0 aliphatic rings. The van der Waals surface area contributed by atoms with Crippen molar-refractivity contribution in [1.29, 1.82) is 0 Å². The van der Waals surface area contributed by atoms with E-state index in [1.54, 1.807) is 19.1 Å². The van der Waals surface area contributed by atoms with Gasteiger partial charge in [0.15, 0.2) is 0 Å². The Morgan fingerprint density at radius 3 is 2.56 bits per heavy atom. The molecule has 0 aromatic rings. The molecule has 0 heterocycles. The van der Waals surface area contributed by atoms with Crippen LogP contribution in [0.15, 0.2) is 0 Å². The molecular formula is C5H11IN2O. The molecule has 0 aromatic carbocycles. The summed E-state index contributed by atoms with van der Waals surface area (Å²) >= 11 is 2.17. The van der Waals surface area contributed by atoms with Gasteiger partial charge < -0.3 is 0 Å². The molecule has 1 amide bonds. The average molecular weight is 242 g/mol. The van der Waals surface area contributed by atoms with Gasteiger partial charge in [-0.3, -0.25) is 10.2 Å². The SMILES string of the molecule is CN(C)NC(=O)CCI. The minimum absolute atomic E-state index is 0.0781. The Labute approximate surface area is 68.9 Å². The minimum Gasteiger partial charge on any atom is -0.289 e. The van der Waals surface area contributed by atoms with Crippen LogP contribution in [0, 0.1) is 0 Å². The molecule has 0 aliphatic carbocycles. The number of halogens is 1. The summed E-state index contributed by atoms with van der Waals surface area (Å²) in [4.78, 5) is 10.7. The van der Waals surface area contributed by atoms with E-state index in [4.69, 9.17) is 0 Å². The summed E-state index contributed by atoms with van der Waals surface area (Å²) < 4.78 is 0.872. The van der Waals surface area contributed by atoms with Gasteiger partial charge in [-0.1, -0.05) is 22.6 Å². The van der Waals surface area contributed by atoms with Gasteiger partial charge in [-0.2, -0.15) is 0 Å². The maximum atomic E-state index is 10.7. The molecule has 1 N–H and O–H groups in total. The van der Waals surface area contributed by atoms with Gasteiger partial charge in [-0.05, 0) is 0 Å². The summed E-state index contributed by atoms with van der Waals surface area (Å²) in [6.45, 7) is 0.